The van der Waals surface area contributed by atoms with Gasteiger partial charge in [0.15, 0.2) is 5.78 Å². The number of carbonyl (C=O) groups is 2. The van der Waals surface area contributed by atoms with Crippen molar-refractivity contribution in [3.05, 3.63) is 0 Å². The van der Waals surface area contributed by atoms with Crippen molar-refractivity contribution < 1.29 is 30.0 Å². The number of fused-ring (bicyclic) bond motifs is 3. The summed E-state index contributed by atoms with van der Waals surface area (Å²) in [5.41, 5.74) is -3.89. The molecule has 4 fully saturated rings. The summed E-state index contributed by atoms with van der Waals surface area (Å²) in [5.74, 6) is -1.98. The zero-order chi connectivity index (χ0) is 19.1. The highest BCUT2D eigenvalue weighted by atomic mass is 16.4. The fourth-order valence-electron chi connectivity index (χ4n) is 7.89. The molecule has 4 saturated carbocycles. The maximum atomic E-state index is 13.3. The highest BCUT2D eigenvalue weighted by molar-refractivity contribution is 5.96. The van der Waals surface area contributed by atoms with E-state index in [1.807, 2.05) is 6.92 Å². The molecular formula is C20H30O6. The molecule has 6 nitrogen and oxygen atoms in total. The van der Waals surface area contributed by atoms with E-state index in [0.717, 1.165) is 12.8 Å². The van der Waals surface area contributed by atoms with E-state index in [9.17, 15) is 30.0 Å². The third kappa shape index (κ3) is 1.88. The number of hydrogen-bond acceptors (Lipinski definition) is 5. The Kier molecular flexibility index (Phi) is 3.75. The van der Waals surface area contributed by atoms with Crippen LogP contribution in [0.1, 0.15) is 58.8 Å². The number of Topliss-reactive ketones (excluding diaryl/α,β-unsaturated/α-hetero) is 1. The number of ketones is 1. The predicted molar refractivity (Wildman–Crippen MR) is 92.1 cm³/mol. The van der Waals surface area contributed by atoms with Gasteiger partial charge in [-0.3, -0.25) is 9.59 Å². The van der Waals surface area contributed by atoms with Crippen LogP contribution in [0.2, 0.25) is 0 Å². The van der Waals surface area contributed by atoms with E-state index in [-0.39, 0.29) is 17.6 Å². The Labute approximate surface area is 153 Å². The SMILES string of the molecule is C[C@@]12CCC[C@@](C)(C(=O)O)[C@H]1CC[C@@]13C[C@H](C[C@H](O)[C@H]12)[C@](O)(CO)C3=O. The molecule has 0 aromatic rings. The zero-order valence-electron chi connectivity index (χ0n) is 15.6. The Morgan fingerprint density at radius 2 is 1.92 bits per heavy atom. The van der Waals surface area contributed by atoms with Gasteiger partial charge in [-0.2, -0.15) is 0 Å². The van der Waals surface area contributed by atoms with Gasteiger partial charge in [-0.25, -0.2) is 0 Å². The van der Waals surface area contributed by atoms with Crippen LogP contribution in [0, 0.1) is 34.0 Å². The number of aliphatic hydroxyl groups is 3. The van der Waals surface area contributed by atoms with Gasteiger partial charge in [-0.05, 0) is 56.8 Å². The van der Waals surface area contributed by atoms with Crippen molar-refractivity contribution in [1.29, 1.82) is 0 Å². The summed E-state index contributed by atoms with van der Waals surface area (Å²) < 4.78 is 0. The number of aliphatic hydroxyl groups excluding tert-OH is 2. The molecule has 4 rings (SSSR count). The maximum absolute atomic E-state index is 13.3. The third-order valence-electron chi connectivity index (χ3n) is 8.93. The molecule has 0 amide bonds. The van der Waals surface area contributed by atoms with Crippen LogP contribution < -0.4 is 0 Å². The van der Waals surface area contributed by atoms with Gasteiger partial charge >= 0.3 is 5.97 Å². The topological polar surface area (TPSA) is 115 Å². The van der Waals surface area contributed by atoms with E-state index in [4.69, 9.17) is 0 Å². The fraction of sp³-hybridized carbons (Fsp3) is 0.900. The van der Waals surface area contributed by atoms with Gasteiger partial charge in [0.1, 0.15) is 5.60 Å². The van der Waals surface area contributed by atoms with Gasteiger partial charge in [-0.15, -0.1) is 0 Å². The molecule has 0 aliphatic heterocycles. The summed E-state index contributed by atoms with van der Waals surface area (Å²) in [6.45, 7) is 3.26. The minimum atomic E-state index is -1.76. The van der Waals surface area contributed by atoms with Crippen molar-refractivity contribution >= 4 is 11.8 Å². The van der Waals surface area contributed by atoms with Crippen LogP contribution in [0.5, 0.6) is 0 Å². The Balaban J connectivity index is 1.83. The molecule has 0 heterocycles. The standard InChI is InChI=1S/C20H30O6/c1-17-5-3-6-18(2,16(24)25)13(17)4-7-19-9-11(8-12(22)14(17)19)20(26,10-21)15(19)23/h11-14,21-22,26H,3-10H2,1-2H3,(H,24,25)/t11-,12-,13-,14-,17+,18+,19+,20+/m0/s1. The second-order valence-corrected chi connectivity index (χ2v) is 9.92. The lowest BCUT2D eigenvalue weighted by Gasteiger charge is -2.63. The zero-order valence-corrected chi connectivity index (χ0v) is 15.6. The van der Waals surface area contributed by atoms with Crippen LogP contribution in [-0.2, 0) is 9.59 Å². The summed E-state index contributed by atoms with van der Waals surface area (Å²) >= 11 is 0. The number of aliphatic carboxylic acids is 1. The number of hydrogen-bond donors (Lipinski definition) is 4. The molecule has 146 valence electrons. The summed E-state index contributed by atoms with van der Waals surface area (Å²) in [6.07, 6.45) is 3.32. The van der Waals surface area contributed by atoms with Gasteiger partial charge in [0.05, 0.1) is 18.1 Å². The molecule has 8 atom stereocenters. The van der Waals surface area contributed by atoms with Crippen molar-refractivity contribution in [3.8, 4) is 0 Å². The van der Waals surface area contributed by atoms with Crippen molar-refractivity contribution in [3.63, 3.8) is 0 Å². The highest BCUT2D eigenvalue weighted by Gasteiger charge is 2.74. The van der Waals surface area contributed by atoms with Crippen LogP contribution in [0.4, 0.5) is 0 Å². The van der Waals surface area contributed by atoms with Gasteiger partial charge in [0.25, 0.3) is 0 Å². The third-order valence-corrected chi connectivity index (χ3v) is 8.93. The Hall–Kier alpha value is -0.980. The average molecular weight is 366 g/mol. The first kappa shape index (κ1) is 18.4. The molecule has 0 unspecified atom stereocenters. The molecular weight excluding hydrogens is 336 g/mol. The minimum Gasteiger partial charge on any atom is -0.481 e. The molecule has 2 bridgehead atoms. The second-order valence-electron chi connectivity index (χ2n) is 9.92. The normalized spacial score (nSPS) is 56.0. The summed E-state index contributed by atoms with van der Waals surface area (Å²) in [7, 11) is 0. The highest BCUT2D eigenvalue weighted by Crippen LogP contribution is 2.71. The van der Waals surface area contributed by atoms with Gasteiger partial charge in [-0.1, -0.05) is 13.3 Å². The van der Waals surface area contributed by atoms with Crippen LogP contribution in [0.25, 0.3) is 0 Å². The molecule has 0 saturated heterocycles. The monoisotopic (exact) mass is 366 g/mol. The Morgan fingerprint density at radius 1 is 1.23 bits per heavy atom. The summed E-state index contributed by atoms with van der Waals surface area (Å²) in [6, 6.07) is 0. The first-order valence-electron chi connectivity index (χ1n) is 9.86. The van der Waals surface area contributed by atoms with E-state index in [0.29, 0.717) is 32.1 Å². The lowest BCUT2D eigenvalue weighted by atomic mass is 9.40. The van der Waals surface area contributed by atoms with E-state index in [1.165, 1.54) is 0 Å². The number of carboxylic acid groups (broad SMARTS) is 1. The molecule has 26 heavy (non-hydrogen) atoms. The van der Waals surface area contributed by atoms with E-state index in [2.05, 4.69) is 6.92 Å². The first-order chi connectivity index (χ1) is 12.1. The lowest BCUT2D eigenvalue weighted by molar-refractivity contribution is -0.199. The van der Waals surface area contributed by atoms with Crippen LogP contribution in [-0.4, -0.2) is 50.5 Å². The molecule has 6 heteroatoms. The van der Waals surface area contributed by atoms with Gasteiger partial charge in [0, 0.05) is 17.3 Å². The van der Waals surface area contributed by atoms with Crippen LogP contribution in [0.3, 0.4) is 0 Å². The molecule has 1 spiro atoms. The quantitative estimate of drug-likeness (QED) is 0.587. The van der Waals surface area contributed by atoms with Crippen molar-refractivity contribution in [1.82, 2.24) is 0 Å². The number of rotatable bonds is 2. The smallest absolute Gasteiger partial charge is 0.309 e. The molecule has 0 aromatic heterocycles. The molecule has 4 aliphatic rings. The second kappa shape index (κ2) is 5.30. The van der Waals surface area contributed by atoms with Crippen molar-refractivity contribution in [2.75, 3.05) is 6.61 Å². The van der Waals surface area contributed by atoms with Gasteiger partial charge in [0.2, 0.25) is 0 Å². The van der Waals surface area contributed by atoms with E-state index >= 15 is 0 Å². The first-order valence-corrected chi connectivity index (χ1v) is 9.86. The summed E-state index contributed by atoms with van der Waals surface area (Å²) in [4.78, 5) is 25.4. The minimum absolute atomic E-state index is 0.0984. The molecule has 4 N–H and O–H groups in total. The Morgan fingerprint density at radius 3 is 2.54 bits per heavy atom. The summed E-state index contributed by atoms with van der Waals surface area (Å²) in [5, 5.41) is 41.6. The van der Waals surface area contributed by atoms with Crippen molar-refractivity contribution in [2.24, 2.45) is 34.0 Å². The Bertz CT molecular complexity index is 663. The van der Waals surface area contributed by atoms with Crippen molar-refractivity contribution in [2.45, 2.75) is 70.5 Å². The number of carboxylic acids is 1. The molecule has 0 radical (unpaired) electrons. The van der Waals surface area contributed by atoms with E-state index < -0.39 is 46.4 Å². The average Bonchev–Trinajstić information content (AvgIpc) is 2.73. The lowest BCUT2D eigenvalue weighted by Crippen LogP contribution is -2.63. The molecule has 4 aliphatic carbocycles. The van der Waals surface area contributed by atoms with Crippen LogP contribution >= 0.6 is 0 Å². The largest absolute Gasteiger partial charge is 0.481 e. The van der Waals surface area contributed by atoms with Gasteiger partial charge < -0.3 is 20.4 Å². The number of carbonyl (C=O) groups excluding carboxylic acids is 1. The van der Waals surface area contributed by atoms with E-state index in [1.54, 1.807) is 0 Å². The molecule has 0 aromatic carbocycles. The maximum Gasteiger partial charge on any atom is 0.309 e. The fourth-order valence-corrected chi connectivity index (χ4v) is 7.89. The van der Waals surface area contributed by atoms with Crippen LogP contribution in [0.15, 0.2) is 0 Å². The predicted octanol–water partition coefficient (Wildman–Crippen LogP) is 1.36.